The summed E-state index contributed by atoms with van der Waals surface area (Å²) in [6.45, 7) is 3.55. The number of fused-ring (bicyclic) bond motifs is 2. The molecule has 2 aliphatic rings. The number of benzene rings is 1. The van der Waals surface area contributed by atoms with Crippen molar-refractivity contribution in [2.24, 2.45) is 0 Å². The van der Waals surface area contributed by atoms with Crippen molar-refractivity contribution in [1.82, 2.24) is 19.6 Å². The molecular formula is C23H22N4O3. The number of amides is 3. The zero-order valence-corrected chi connectivity index (χ0v) is 16.9. The maximum absolute atomic E-state index is 13.3. The van der Waals surface area contributed by atoms with Crippen LogP contribution in [-0.4, -0.2) is 26.2 Å². The third-order valence-electron chi connectivity index (χ3n) is 6.21. The number of imide groups is 1. The lowest BCUT2D eigenvalue weighted by Crippen LogP contribution is -2.41. The van der Waals surface area contributed by atoms with Gasteiger partial charge in [0.1, 0.15) is 11.2 Å². The number of hydrogen-bond acceptors (Lipinski definition) is 4. The number of carbonyl (C=O) groups is 2. The van der Waals surface area contributed by atoms with Gasteiger partial charge in [0.2, 0.25) is 0 Å². The van der Waals surface area contributed by atoms with Crippen LogP contribution in [0.3, 0.4) is 0 Å². The maximum Gasteiger partial charge on any atom is 0.325 e. The summed E-state index contributed by atoms with van der Waals surface area (Å²) in [7, 11) is 0. The molecule has 152 valence electrons. The van der Waals surface area contributed by atoms with Gasteiger partial charge in [0.15, 0.2) is 0 Å². The normalized spacial score (nSPS) is 20.7. The third-order valence-corrected chi connectivity index (χ3v) is 6.21. The van der Waals surface area contributed by atoms with Crippen molar-refractivity contribution in [2.75, 3.05) is 0 Å². The molecule has 1 aromatic carbocycles. The zero-order valence-electron chi connectivity index (χ0n) is 16.9. The van der Waals surface area contributed by atoms with Crippen molar-refractivity contribution in [3.8, 4) is 0 Å². The van der Waals surface area contributed by atoms with E-state index >= 15 is 0 Å². The Balaban J connectivity index is 1.49. The molecule has 1 unspecified atom stereocenters. The van der Waals surface area contributed by atoms with E-state index < -0.39 is 11.6 Å². The number of nitrogens with one attached hydrogen (secondary N) is 1. The second kappa shape index (κ2) is 6.52. The van der Waals surface area contributed by atoms with E-state index in [0.29, 0.717) is 11.3 Å². The highest BCUT2D eigenvalue weighted by Gasteiger charge is 2.49. The van der Waals surface area contributed by atoms with Crippen molar-refractivity contribution >= 4 is 17.6 Å². The number of hydrogen-bond donors (Lipinski definition) is 1. The van der Waals surface area contributed by atoms with Gasteiger partial charge in [-0.1, -0.05) is 24.3 Å². The van der Waals surface area contributed by atoms with Crippen LogP contribution in [0.5, 0.6) is 0 Å². The van der Waals surface area contributed by atoms with E-state index in [1.54, 1.807) is 19.2 Å². The molecule has 1 N–H and O–H groups in total. The highest BCUT2D eigenvalue weighted by Crippen LogP contribution is 2.33. The van der Waals surface area contributed by atoms with Crippen molar-refractivity contribution in [3.05, 3.63) is 80.9 Å². The van der Waals surface area contributed by atoms with Gasteiger partial charge in [-0.2, -0.15) is 0 Å². The lowest BCUT2D eigenvalue weighted by molar-refractivity contribution is -0.131. The molecule has 0 spiro atoms. The van der Waals surface area contributed by atoms with Crippen LogP contribution in [0.2, 0.25) is 0 Å². The van der Waals surface area contributed by atoms with E-state index in [4.69, 9.17) is 0 Å². The molecular weight excluding hydrogens is 380 g/mol. The quantitative estimate of drug-likeness (QED) is 0.682. The number of carbonyl (C=O) groups excluding carboxylic acids is 2. The molecule has 0 radical (unpaired) electrons. The lowest BCUT2D eigenvalue weighted by atomic mass is 9.89. The van der Waals surface area contributed by atoms with Gasteiger partial charge in [-0.05, 0) is 61.4 Å². The Hall–Kier alpha value is -3.48. The minimum atomic E-state index is -1.13. The second-order valence-corrected chi connectivity index (χ2v) is 8.25. The molecule has 1 atom stereocenters. The summed E-state index contributed by atoms with van der Waals surface area (Å²) in [4.78, 5) is 44.1. The Kier molecular flexibility index (Phi) is 4.03. The van der Waals surface area contributed by atoms with Crippen LogP contribution in [-0.2, 0) is 29.7 Å². The van der Waals surface area contributed by atoms with Crippen LogP contribution in [0, 0.1) is 6.92 Å². The van der Waals surface area contributed by atoms with Crippen LogP contribution < -0.4 is 10.9 Å². The minimum Gasteiger partial charge on any atom is -0.319 e. The first-order valence-corrected chi connectivity index (χ1v) is 10.1. The molecule has 0 saturated carbocycles. The van der Waals surface area contributed by atoms with Gasteiger partial charge in [0.05, 0.1) is 12.2 Å². The molecule has 2 aromatic heterocycles. The van der Waals surface area contributed by atoms with E-state index in [9.17, 15) is 14.4 Å². The number of nitrogens with zero attached hydrogens (tertiary/aromatic N) is 3. The summed E-state index contributed by atoms with van der Waals surface area (Å²) in [6.07, 6.45) is 4.82. The van der Waals surface area contributed by atoms with Gasteiger partial charge < -0.3 is 5.32 Å². The fourth-order valence-electron chi connectivity index (χ4n) is 4.47. The van der Waals surface area contributed by atoms with Gasteiger partial charge >= 0.3 is 6.03 Å². The van der Waals surface area contributed by atoms with E-state index in [2.05, 4.69) is 16.4 Å². The van der Waals surface area contributed by atoms with Gasteiger partial charge in [-0.15, -0.1) is 0 Å². The zero-order chi connectivity index (χ0) is 21.0. The van der Waals surface area contributed by atoms with Crippen LogP contribution in [0.15, 0.2) is 47.4 Å². The van der Waals surface area contributed by atoms with E-state index in [0.717, 1.165) is 35.3 Å². The summed E-state index contributed by atoms with van der Waals surface area (Å²) >= 11 is 0. The molecule has 7 heteroatoms. The number of pyridine rings is 1. The standard InChI is InChI=1S/C23H22N4O3/c1-14-5-4-10-26-19(28)12-18(24-20(14)26)13-27-21(29)23(2,25-22(27)30)17-9-8-15-6-3-7-16(15)11-17/h4-5,8-12H,3,6-7,13H2,1-2H3,(H,25,30). The first-order chi connectivity index (χ1) is 14.4. The number of aromatic nitrogens is 2. The molecule has 1 saturated heterocycles. The molecule has 3 heterocycles. The van der Waals surface area contributed by atoms with Gasteiger partial charge in [0.25, 0.3) is 11.5 Å². The van der Waals surface area contributed by atoms with Crippen molar-refractivity contribution in [2.45, 2.75) is 45.2 Å². The molecule has 3 amide bonds. The number of rotatable bonds is 3. The van der Waals surface area contributed by atoms with E-state index in [1.807, 2.05) is 25.1 Å². The second-order valence-electron chi connectivity index (χ2n) is 8.25. The summed E-state index contributed by atoms with van der Waals surface area (Å²) in [5.74, 6) is -0.336. The first kappa shape index (κ1) is 18.5. The molecule has 7 nitrogen and oxygen atoms in total. The topological polar surface area (TPSA) is 83.8 Å². The Bertz CT molecular complexity index is 1280. The van der Waals surface area contributed by atoms with Crippen molar-refractivity contribution < 1.29 is 9.59 Å². The third kappa shape index (κ3) is 2.73. The smallest absolute Gasteiger partial charge is 0.319 e. The Morgan fingerprint density at radius 2 is 1.90 bits per heavy atom. The van der Waals surface area contributed by atoms with Crippen molar-refractivity contribution in [1.29, 1.82) is 0 Å². The highest BCUT2D eigenvalue weighted by atomic mass is 16.2. The average Bonchev–Trinajstić information content (AvgIpc) is 3.27. The molecule has 30 heavy (non-hydrogen) atoms. The summed E-state index contributed by atoms with van der Waals surface area (Å²) < 4.78 is 1.46. The van der Waals surface area contributed by atoms with Gasteiger partial charge in [-0.3, -0.25) is 18.9 Å². The Morgan fingerprint density at radius 3 is 2.73 bits per heavy atom. The van der Waals surface area contributed by atoms with Gasteiger partial charge in [0, 0.05) is 12.3 Å². The molecule has 1 aliphatic carbocycles. The van der Waals surface area contributed by atoms with Crippen LogP contribution in [0.4, 0.5) is 4.79 Å². The minimum absolute atomic E-state index is 0.0503. The Labute approximate surface area is 173 Å². The summed E-state index contributed by atoms with van der Waals surface area (Å²) in [6, 6.07) is 10.6. The monoisotopic (exact) mass is 402 g/mol. The van der Waals surface area contributed by atoms with Crippen LogP contribution >= 0.6 is 0 Å². The van der Waals surface area contributed by atoms with Gasteiger partial charge in [-0.25, -0.2) is 9.78 Å². The average molecular weight is 402 g/mol. The predicted molar refractivity (Wildman–Crippen MR) is 111 cm³/mol. The molecule has 3 aromatic rings. The largest absolute Gasteiger partial charge is 0.325 e. The molecule has 1 aliphatic heterocycles. The lowest BCUT2D eigenvalue weighted by Gasteiger charge is -2.23. The van der Waals surface area contributed by atoms with Crippen LogP contribution in [0.1, 0.15) is 41.3 Å². The van der Waals surface area contributed by atoms with E-state index in [-0.39, 0.29) is 18.0 Å². The fraction of sp³-hybridized carbons (Fsp3) is 0.304. The fourth-order valence-corrected chi connectivity index (χ4v) is 4.47. The molecule has 1 fully saturated rings. The molecule has 5 rings (SSSR count). The first-order valence-electron chi connectivity index (χ1n) is 10.1. The maximum atomic E-state index is 13.3. The molecule has 0 bridgehead atoms. The van der Waals surface area contributed by atoms with Crippen LogP contribution in [0.25, 0.3) is 5.65 Å². The van der Waals surface area contributed by atoms with E-state index in [1.165, 1.54) is 21.6 Å². The van der Waals surface area contributed by atoms with Crippen molar-refractivity contribution in [3.63, 3.8) is 0 Å². The predicted octanol–water partition coefficient (Wildman–Crippen LogP) is 2.46. The summed E-state index contributed by atoms with van der Waals surface area (Å²) in [5, 5.41) is 2.85. The number of aryl methyl sites for hydroxylation is 3. The highest BCUT2D eigenvalue weighted by molar-refractivity contribution is 6.07. The SMILES string of the molecule is Cc1cccn2c(=O)cc(CN3C(=O)NC(C)(c4ccc5c(c4)CCC5)C3=O)nc12. The number of urea groups is 1. The summed E-state index contributed by atoms with van der Waals surface area (Å²) in [5.41, 5.74) is 3.72. The Morgan fingerprint density at radius 1 is 1.10 bits per heavy atom.